The Hall–Kier alpha value is -2.38. The molecule has 0 saturated carbocycles. The molecule has 188 valence electrons. The zero-order chi connectivity index (χ0) is 25.3. The van der Waals surface area contributed by atoms with E-state index in [1.54, 1.807) is 13.8 Å². The number of esters is 5. The number of ether oxygens (including phenoxy) is 6. The highest BCUT2D eigenvalue weighted by Gasteiger charge is 2.52. The van der Waals surface area contributed by atoms with Gasteiger partial charge in [-0.1, -0.05) is 13.8 Å². The number of carbonyl (C=O) groups is 5. The first kappa shape index (κ1) is 28.7. The predicted molar refractivity (Wildman–Crippen MR) is 113 cm³/mol. The van der Waals surface area contributed by atoms with E-state index in [1.807, 2.05) is 0 Å². The minimum Gasteiger partial charge on any atom is -0.468 e. The van der Waals surface area contributed by atoms with E-state index in [-0.39, 0.29) is 12.5 Å². The van der Waals surface area contributed by atoms with Crippen molar-refractivity contribution in [2.75, 3.05) is 13.7 Å². The van der Waals surface area contributed by atoms with Crippen molar-refractivity contribution in [3.05, 3.63) is 0 Å². The Morgan fingerprint density at radius 1 is 0.848 bits per heavy atom. The van der Waals surface area contributed by atoms with Gasteiger partial charge in [0.05, 0.1) is 7.11 Å². The second-order valence-corrected chi connectivity index (χ2v) is 8.48. The molecule has 1 aliphatic rings. The first-order valence-corrected chi connectivity index (χ1v) is 11.0. The molecule has 1 rings (SSSR count). The van der Waals surface area contributed by atoms with Crippen molar-refractivity contribution in [2.45, 2.75) is 77.4 Å². The Kier molecular flexibility index (Phi) is 11.6. The molecule has 1 N–H and O–H groups in total. The molecule has 0 radical (unpaired) electrons. The lowest BCUT2D eigenvalue weighted by Gasteiger charge is -2.44. The molecule has 33 heavy (non-hydrogen) atoms. The summed E-state index contributed by atoms with van der Waals surface area (Å²) >= 11 is 0.895. The van der Waals surface area contributed by atoms with Crippen molar-refractivity contribution in [1.29, 1.82) is 0 Å². The number of rotatable bonds is 10. The summed E-state index contributed by atoms with van der Waals surface area (Å²) in [6.45, 7) is 7.87. The summed E-state index contributed by atoms with van der Waals surface area (Å²) < 4.78 is 34.7. The molecule has 0 aromatic heterocycles. The van der Waals surface area contributed by atoms with Crippen LogP contribution in [0.1, 0.15) is 41.5 Å². The van der Waals surface area contributed by atoms with Gasteiger partial charge in [0.2, 0.25) is 0 Å². The van der Waals surface area contributed by atoms with Crippen molar-refractivity contribution in [3.8, 4) is 0 Å². The normalized spacial score (nSPS) is 25.5. The van der Waals surface area contributed by atoms with Crippen LogP contribution in [0.25, 0.3) is 0 Å². The van der Waals surface area contributed by atoms with Crippen LogP contribution in [0.2, 0.25) is 0 Å². The summed E-state index contributed by atoms with van der Waals surface area (Å²) in [6.07, 6.45) is -4.82. The standard InChI is InChI=1S/C20H31NO11S/c1-9(2)15(19(26)27-7)21-33-20-18(31-13(6)25)17(30-12(5)24)16(29-11(4)23)14(32-20)8-28-10(3)22/h9,14-18,20-21H,8H2,1-7H3/t14-,15?,16-,17+,18-,20+/m1/s1. The molecule has 1 heterocycles. The molecule has 1 unspecified atom stereocenters. The minimum atomic E-state index is -1.28. The first-order chi connectivity index (χ1) is 15.4. The average molecular weight is 494 g/mol. The molecule has 1 saturated heterocycles. The highest BCUT2D eigenvalue weighted by Crippen LogP contribution is 2.34. The first-order valence-electron chi connectivity index (χ1n) is 10.2. The van der Waals surface area contributed by atoms with Gasteiger partial charge in [0, 0.05) is 27.7 Å². The van der Waals surface area contributed by atoms with E-state index in [0.717, 1.165) is 32.7 Å². The summed E-state index contributed by atoms with van der Waals surface area (Å²) in [5.74, 6) is -3.46. The highest BCUT2D eigenvalue weighted by atomic mass is 32.2. The lowest BCUT2D eigenvalue weighted by atomic mass is 9.99. The minimum absolute atomic E-state index is 0.171. The fraction of sp³-hybridized carbons (Fsp3) is 0.750. The third-order valence-corrected chi connectivity index (χ3v) is 5.38. The monoisotopic (exact) mass is 493 g/mol. The summed E-state index contributed by atoms with van der Waals surface area (Å²) in [7, 11) is 1.25. The van der Waals surface area contributed by atoms with Gasteiger partial charge < -0.3 is 28.4 Å². The molecule has 1 fully saturated rings. The molecule has 0 aromatic carbocycles. The van der Waals surface area contributed by atoms with Crippen molar-refractivity contribution in [3.63, 3.8) is 0 Å². The van der Waals surface area contributed by atoms with E-state index in [4.69, 9.17) is 28.4 Å². The highest BCUT2D eigenvalue weighted by molar-refractivity contribution is 7.98. The van der Waals surface area contributed by atoms with E-state index >= 15 is 0 Å². The predicted octanol–water partition coefficient (Wildman–Crippen LogP) is 0.505. The second kappa shape index (κ2) is 13.4. The zero-order valence-electron chi connectivity index (χ0n) is 19.6. The summed E-state index contributed by atoms with van der Waals surface area (Å²) in [5.41, 5.74) is -1.04. The van der Waals surface area contributed by atoms with Gasteiger partial charge in [0.15, 0.2) is 23.7 Å². The lowest BCUT2D eigenvalue weighted by Crippen LogP contribution is -2.62. The number of nitrogens with one attached hydrogen (secondary N) is 1. The van der Waals surface area contributed by atoms with Crippen LogP contribution in [-0.2, 0) is 52.4 Å². The molecule has 1 aliphatic heterocycles. The molecule has 13 heteroatoms. The average Bonchev–Trinajstić information content (AvgIpc) is 2.69. The Labute approximate surface area is 196 Å². The Morgan fingerprint density at radius 2 is 1.36 bits per heavy atom. The topological polar surface area (TPSA) is 153 Å². The molecular weight excluding hydrogens is 462 g/mol. The van der Waals surface area contributed by atoms with E-state index in [9.17, 15) is 24.0 Å². The van der Waals surface area contributed by atoms with E-state index in [0.29, 0.717) is 0 Å². The lowest BCUT2D eigenvalue weighted by molar-refractivity contribution is -0.237. The molecular formula is C20H31NO11S. The maximum atomic E-state index is 12.1. The number of methoxy groups -OCH3 is 1. The van der Waals surface area contributed by atoms with Gasteiger partial charge in [-0.3, -0.25) is 24.0 Å². The molecule has 0 amide bonds. The summed E-state index contributed by atoms with van der Waals surface area (Å²) in [5, 5.41) is 0. The largest absolute Gasteiger partial charge is 0.468 e. The van der Waals surface area contributed by atoms with Crippen LogP contribution in [0, 0.1) is 5.92 Å². The maximum Gasteiger partial charge on any atom is 0.323 e. The number of hydrogen-bond acceptors (Lipinski definition) is 13. The summed E-state index contributed by atoms with van der Waals surface area (Å²) in [6, 6.07) is -0.744. The molecule has 6 atom stereocenters. The molecule has 0 bridgehead atoms. The van der Waals surface area contributed by atoms with Crippen molar-refractivity contribution >= 4 is 41.8 Å². The Bertz CT molecular complexity index is 729. The summed E-state index contributed by atoms with van der Waals surface area (Å²) in [4.78, 5) is 58.8. The van der Waals surface area contributed by atoms with Crippen LogP contribution in [0.5, 0.6) is 0 Å². The van der Waals surface area contributed by atoms with Crippen LogP contribution in [0.4, 0.5) is 0 Å². The van der Waals surface area contributed by atoms with Gasteiger partial charge in [-0.2, -0.15) is 0 Å². The third kappa shape index (κ3) is 9.18. The van der Waals surface area contributed by atoms with Crippen LogP contribution in [-0.4, -0.2) is 79.5 Å². The fourth-order valence-corrected chi connectivity index (χ4v) is 4.20. The SMILES string of the molecule is COC(=O)C(NS[C@@H]1O[C@H](COC(C)=O)[C@@H](OC(C)=O)[C@H](OC(C)=O)[C@H]1OC(C)=O)C(C)C. The molecule has 12 nitrogen and oxygen atoms in total. The second-order valence-electron chi connectivity index (χ2n) is 7.55. The van der Waals surface area contributed by atoms with Gasteiger partial charge >= 0.3 is 29.8 Å². The van der Waals surface area contributed by atoms with E-state index < -0.39 is 65.7 Å². The van der Waals surface area contributed by atoms with Gasteiger partial charge in [0.1, 0.15) is 18.8 Å². The Balaban J connectivity index is 3.32. The number of carbonyl (C=O) groups excluding carboxylic acids is 5. The van der Waals surface area contributed by atoms with Crippen LogP contribution >= 0.6 is 11.9 Å². The maximum absolute atomic E-state index is 12.1. The quantitative estimate of drug-likeness (QED) is 0.256. The van der Waals surface area contributed by atoms with Gasteiger partial charge in [0.25, 0.3) is 0 Å². The van der Waals surface area contributed by atoms with E-state index in [1.165, 1.54) is 14.0 Å². The molecule has 0 aromatic rings. The van der Waals surface area contributed by atoms with Crippen LogP contribution < -0.4 is 4.72 Å². The number of hydrogen-bond donors (Lipinski definition) is 1. The van der Waals surface area contributed by atoms with Gasteiger partial charge in [-0.05, 0) is 17.9 Å². The zero-order valence-corrected chi connectivity index (χ0v) is 20.5. The van der Waals surface area contributed by atoms with Crippen molar-refractivity contribution in [2.24, 2.45) is 5.92 Å². The fourth-order valence-electron chi connectivity index (χ4n) is 3.01. The van der Waals surface area contributed by atoms with Crippen LogP contribution in [0.3, 0.4) is 0 Å². The van der Waals surface area contributed by atoms with Crippen molar-refractivity contribution < 1.29 is 52.4 Å². The molecule has 0 aliphatic carbocycles. The van der Waals surface area contributed by atoms with Crippen LogP contribution in [0.15, 0.2) is 0 Å². The smallest absolute Gasteiger partial charge is 0.323 e. The van der Waals surface area contributed by atoms with Gasteiger partial charge in [-0.25, -0.2) is 4.72 Å². The van der Waals surface area contributed by atoms with E-state index in [2.05, 4.69) is 4.72 Å². The Morgan fingerprint density at radius 3 is 1.82 bits per heavy atom. The van der Waals surface area contributed by atoms with Gasteiger partial charge in [-0.15, -0.1) is 0 Å². The van der Waals surface area contributed by atoms with Crippen molar-refractivity contribution in [1.82, 2.24) is 4.72 Å². The molecule has 0 spiro atoms. The third-order valence-electron chi connectivity index (χ3n) is 4.38.